The Balaban J connectivity index is -0.0000000353. The quantitative estimate of drug-likeness (QED) is 0.471. The Morgan fingerprint density at radius 3 is 1.42 bits per heavy atom. The van der Waals surface area contributed by atoms with Gasteiger partial charge >= 0.3 is 51.4 Å². The van der Waals surface area contributed by atoms with E-state index >= 15 is 0 Å². The van der Waals surface area contributed by atoms with Crippen molar-refractivity contribution in [2.24, 2.45) is 5.92 Å². The van der Waals surface area contributed by atoms with Crippen LogP contribution in [0, 0.1) is 13.3 Å². The SMILES string of the molecule is C=CC(=C)C.CC.CC.CCC.CCC(=O)NC(=O)C(C)C.[CH3-].[K+]. The first-order chi connectivity index (χ1) is 10.3. The number of carbonyl (C=O) groups excluding carboxylic acids is 2. The largest absolute Gasteiger partial charge is 1.00 e. The van der Waals surface area contributed by atoms with Gasteiger partial charge in [0.2, 0.25) is 11.8 Å². The van der Waals surface area contributed by atoms with Gasteiger partial charge in [0.15, 0.2) is 0 Å². The van der Waals surface area contributed by atoms with E-state index in [-0.39, 0.29) is 76.5 Å². The van der Waals surface area contributed by atoms with Gasteiger partial charge in [-0.05, 0) is 6.92 Å². The van der Waals surface area contributed by atoms with Gasteiger partial charge in [0, 0.05) is 12.3 Å². The van der Waals surface area contributed by atoms with Gasteiger partial charge < -0.3 is 7.43 Å². The fourth-order valence-electron chi connectivity index (χ4n) is 0.370. The molecule has 0 heterocycles. The normalized spacial score (nSPS) is 6.62. The molecule has 0 bridgehead atoms. The summed E-state index contributed by atoms with van der Waals surface area (Å²) in [7, 11) is 0. The first-order valence-corrected chi connectivity index (χ1v) is 8.38. The van der Waals surface area contributed by atoms with Crippen LogP contribution in [0.4, 0.5) is 0 Å². The molecule has 0 fully saturated rings. The number of hydrogen-bond donors (Lipinski definition) is 1. The summed E-state index contributed by atoms with van der Waals surface area (Å²) in [5, 5.41) is 2.25. The second-order valence-electron chi connectivity index (χ2n) is 4.18. The summed E-state index contributed by atoms with van der Waals surface area (Å²) in [6.45, 7) is 26.4. The van der Waals surface area contributed by atoms with Gasteiger partial charge in [0.1, 0.15) is 0 Å². The van der Waals surface area contributed by atoms with Crippen LogP contribution in [0.1, 0.15) is 82.1 Å². The van der Waals surface area contributed by atoms with Crippen LogP contribution in [-0.2, 0) is 9.59 Å². The molecule has 0 aliphatic rings. The van der Waals surface area contributed by atoms with E-state index in [9.17, 15) is 9.59 Å². The molecular formula is C20H44KNO2. The number of hydrogen-bond acceptors (Lipinski definition) is 2. The minimum atomic E-state index is -0.210. The van der Waals surface area contributed by atoms with E-state index in [2.05, 4.69) is 32.3 Å². The Bertz CT molecular complexity index is 262. The predicted molar refractivity (Wildman–Crippen MR) is 108 cm³/mol. The van der Waals surface area contributed by atoms with Crippen LogP contribution in [0.3, 0.4) is 0 Å². The van der Waals surface area contributed by atoms with Crippen LogP contribution in [0.25, 0.3) is 0 Å². The number of nitrogens with one attached hydrogen (secondary N) is 1. The molecule has 0 aliphatic heterocycles. The molecule has 0 atom stereocenters. The van der Waals surface area contributed by atoms with Crippen molar-refractivity contribution in [3.8, 4) is 0 Å². The summed E-state index contributed by atoms with van der Waals surface area (Å²) < 4.78 is 0. The average molecular weight is 370 g/mol. The van der Waals surface area contributed by atoms with Gasteiger partial charge in [-0.2, -0.15) is 0 Å². The van der Waals surface area contributed by atoms with Crippen molar-refractivity contribution in [3.63, 3.8) is 0 Å². The Kier molecular flexibility index (Phi) is 80.0. The first kappa shape index (κ1) is 44.1. The standard InChI is InChI=1S/C7H13NO2.C5H8.C3H8.2C2H6.CH3.K/c1-4-6(9)8-7(10)5(2)3;1-4-5(2)3;1-3-2;2*1-2;;/h5H,4H2,1-3H3,(H,8,9,10);4H,1-2H2,3H3;3H2,1-2H3;2*1-2H3;1H3;/q;;;;;-1;+1. The molecule has 0 saturated carbocycles. The van der Waals surface area contributed by atoms with Gasteiger partial charge in [-0.25, -0.2) is 0 Å². The molecule has 0 aliphatic carbocycles. The maximum Gasteiger partial charge on any atom is 1.00 e. The van der Waals surface area contributed by atoms with Crippen LogP contribution in [0.2, 0.25) is 0 Å². The van der Waals surface area contributed by atoms with Crippen LogP contribution in [-0.4, -0.2) is 11.8 Å². The number of imide groups is 1. The summed E-state index contributed by atoms with van der Waals surface area (Å²) in [6.07, 6.45) is 3.33. The summed E-state index contributed by atoms with van der Waals surface area (Å²) in [5.74, 6) is -0.527. The van der Waals surface area contributed by atoms with E-state index in [1.54, 1.807) is 26.8 Å². The van der Waals surface area contributed by atoms with Crippen LogP contribution in [0.5, 0.6) is 0 Å². The molecule has 1 N–H and O–H groups in total. The Morgan fingerprint density at radius 1 is 1.04 bits per heavy atom. The first-order valence-electron chi connectivity index (χ1n) is 8.38. The molecule has 142 valence electrons. The fraction of sp³-hybridized carbons (Fsp3) is 0.650. The van der Waals surface area contributed by atoms with Crippen LogP contribution < -0.4 is 56.7 Å². The van der Waals surface area contributed by atoms with Crippen molar-refractivity contribution >= 4 is 11.8 Å². The topological polar surface area (TPSA) is 46.2 Å². The Labute approximate surface area is 196 Å². The average Bonchev–Trinajstić information content (AvgIpc) is 2.52. The zero-order chi connectivity index (χ0) is 19.1. The molecule has 0 radical (unpaired) electrons. The Morgan fingerprint density at radius 2 is 1.29 bits per heavy atom. The predicted octanol–water partition coefficient (Wildman–Crippen LogP) is 3.37. The number of amides is 2. The van der Waals surface area contributed by atoms with E-state index < -0.39 is 0 Å². The monoisotopic (exact) mass is 369 g/mol. The molecule has 0 aromatic carbocycles. The molecule has 0 spiro atoms. The molecule has 0 aromatic rings. The molecule has 4 heteroatoms. The zero-order valence-corrected chi connectivity index (χ0v) is 21.9. The van der Waals surface area contributed by atoms with Crippen molar-refractivity contribution in [2.45, 2.75) is 82.1 Å². The van der Waals surface area contributed by atoms with Crippen LogP contribution >= 0.6 is 0 Å². The molecule has 24 heavy (non-hydrogen) atoms. The minimum Gasteiger partial charge on any atom is -0.358 e. The van der Waals surface area contributed by atoms with Crippen molar-refractivity contribution < 1.29 is 61.0 Å². The molecule has 0 saturated heterocycles. The summed E-state index contributed by atoms with van der Waals surface area (Å²) in [4.78, 5) is 21.4. The second kappa shape index (κ2) is 43.6. The minimum absolute atomic E-state index is 0. The van der Waals surface area contributed by atoms with Gasteiger partial charge in [0.25, 0.3) is 0 Å². The zero-order valence-electron chi connectivity index (χ0n) is 18.8. The maximum absolute atomic E-state index is 10.8. The molecule has 3 nitrogen and oxygen atoms in total. The number of allylic oxidation sites excluding steroid dienone is 2. The van der Waals surface area contributed by atoms with Crippen molar-refractivity contribution in [1.29, 1.82) is 0 Å². The fourth-order valence-corrected chi connectivity index (χ4v) is 0.370. The second-order valence-corrected chi connectivity index (χ2v) is 4.18. The summed E-state index contributed by atoms with van der Waals surface area (Å²) in [6, 6.07) is 0. The number of rotatable bonds is 3. The Hall–Kier alpha value is 0.256. The third-order valence-electron chi connectivity index (χ3n) is 1.46. The van der Waals surface area contributed by atoms with Crippen LogP contribution in [0.15, 0.2) is 24.8 Å². The maximum atomic E-state index is 10.8. The van der Waals surface area contributed by atoms with E-state index in [0.717, 1.165) is 5.57 Å². The van der Waals surface area contributed by atoms with Gasteiger partial charge in [-0.15, -0.1) is 0 Å². The van der Waals surface area contributed by atoms with E-state index in [1.807, 2.05) is 34.6 Å². The van der Waals surface area contributed by atoms with E-state index in [1.165, 1.54) is 6.42 Å². The molecule has 0 rings (SSSR count). The third-order valence-corrected chi connectivity index (χ3v) is 1.46. The molecule has 2 amide bonds. The molecular weight excluding hydrogens is 325 g/mol. The van der Waals surface area contributed by atoms with E-state index in [0.29, 0.717) is 6.42 Å². The third kappa shape index (κ3) is 66.9. The molecule has 0 unspecified atom stereocenters. The van der Waals surface area contributed by atoms with Gasteiger partial charge in [0.05, 0.1) is 0 Å². The van der Waals surface area contributed by atoms with Crippen molar-refractivity contribution in [2.75, 3.05) is 0 Å². The number of carbonyl (C=O) groups is 2. The smallest absolute Gasteiger partial charge is 0.358 e. The van der Waals surface area contributed by atoms with Gasteiger partial charge in [-0.3, -0.25) is 14.9 Å². The van der Waals surface area contributed by atoms with Crippen molar-refractivity contribution in [3.05, 3.63) is 32.2 Å². The molecule has 0 aromatic heterocycles. The van der Waals surface area contributed by atoms with E-state index in [4.69, 9.17) is 0 Å². The summed E-state index contributed by atoms with van der Waals surface area (Å²) >= 11 is 0. The van der Waals surface area contributed by atoms with Gasteiger partial charge in [-0.1, -0.05) is 93.5 Å². The summed E-state index contributed by atoms with van der Waals surface area (Å²) in [5.41, 5.74) is 1.02. The van der Waals surface area contributed by atoms with Crippen molar-refractivity contribution in [1.82, 2.24) is 5.32 Å².